The second-order valence-corrected chi connectivity index (χ2v) is 9.45. The van der Waals surface area contributed by atoms with E-state index in [1.54, 1.807) is 73.5 Å². The van der Waals surface area contributed by atoms with Gasteiger partial charge in [0.25, 0.3) is 0 Å². The third-order valence-corrected chi connectivity index (χ3v) is 6.60. The van der Waals surface area contributed by atoms with Crippen molar-refractivity contribution in [2.45, 2.75) is 17.5 Å². The van der Waals surface area contributed by atoms with E-state index in [4.69, 9.17) is 9.47 Å². The number of aliphatic carboxylic acids is 1. The minimum Gasteiger partial charge on any atom is -0.493 e. The summed E-state index contributed by atoms with van der Waals surface area (Å²) in [4.78, 5) is 29.5. The minimum absolute atomic E-state index is 0.167. The molecule has 0 radical (unpaired) electrons. The Labute approximate surface area is 225 Å². The monoisotopic (exact) mass is 528 g/mol. The molecular weight excluding hydrogens is 500 g/mol. The number of benzene rings is 3. The number of ether oxygens (including phenoxy) is 2. The molecule has 0 saturated heterocycles. The van der Waals surface area contributed by atoms with Gasteiger partial charge in [-0.25, -0.2) is 9.78 Å². The first-order chi connectivity index (χ1) is 18.5. The predicted molar refractivity (Wildman–Crippen MR) is 149 cm³/mol. The van der Waals surface area contributed by atoms with Gasteiger partial charge in [-0.2, -0.15) is 0 Å². The number of aromatic nitrogens is 1. The molecule has 7 nitrogen and oxygen atoms in total. The molecule has 4 aromatic rings. The Kier molecular flexibility index (Phi) is 9.37. The number of rotatable bonds is 13. The molecule has 0 aliphatic rings. The van der Waals surface area contributed by atoms with E-state index in [-0.39, 0.29) is 12.2 Å². The summed E-state index contributed by atoms with van der Waals surface area (Å²) < 4.78 is 11.0. The van der Waals surface area contributed by atoms with Crippen LogP contribution in [0, 0.1) is 0 Å². The lowest BCUT2D eigenvalue weighted by molar-refractivity contribution is -0.137. The van der Waals surface area contributed by atoms with Gasteiger partial charge < -0.3 is 19.9 Å². The maximum atomic E-state index is 13.0. The Morgan fingerprint density at radius 1 is 0.921 bits per heavy atom. The molecule has 194 valence electrons. The number of nitrogens with one attached hydrogen (secondary N) is 1. The number of carboxylic acid groups (broad SMARTS) is 1. The van der Waals surface area contributed by atoms with Gasteiger partial charge in [0.2, 0.25) is 5.88 Å². The summed E-state index contributed by atoms with van der Waals surface area (Å²) in [7, 11) is 1.59. The van der Waals surface area contributed by atoms with Crippen molar-refractivity contribution in [3.63, 3.8) is 0 Å². The van der Waals surface area contributed by atoms with Crippen molar-refractivity contribution < 1.29 is 24.2 Å². The number of hydrogen-bond acceptors (Lipinski definition) is 7. The van der Waals surface area contributed by atoms with Crippen LogP contribution in [0.4, 0.5) is 5.69 Å². The largest absolute Gasteiger partial charge is 0.493 e. The van der Waals surface area contributed by atoms with Gasteiger partial charge in [-0.1, -0.05) is 60.7 Å². The summed E-state index contributed by atoms with van der Waals surface area (Å²) >= 11 is 1.57. The fourth-order valence-electron chi connectivity index (χ4n) is 3.79. The number of nitrogens with zero attached hydrogens (tertiary/aromatic N) is 1. The van der Waals surface area contributed by atoms with E-state index < -0.39 is 12.0 Å². The molecule has 0 saturated carbocycles. The topological polar surface area (TPSA) is 97.8 Å². The first-order valence-corrected chi connectivity index (χ1v) is 13.1. The van der Waals surface area contributed by atoms with E-state index >= 15 is 0 Å². The molecule has 4 rings (SSSR count). The average molecular weight is 529 g/mol. The van der Waals surface area contributed by atoms with Gasteiger partial charge in [-0.3, -0.25) is 4.79 Å². The number of anilines is 1. The van der Waals surface area contributed by atoms with E-state index in [0.717, 1.165) is 10.6 Å². The summed E-state index contributed by atoms with van der Waals surface area (Å²) in [5.41, 5.74) is 2.29. The highest BCUT2D eigenvalue weighted by Crippen LogP contribution is 2.22. The van der Waals surface area contributed by atoms with Crippen LogP contribution in [-0.4, -0.2) is 47.4 Å². The summed E-state index contributed by atoms with van der Waals surface area (Å²) in [5.74, 6) is 0.822. The molecule has 38 heavy (non-hydrogen) atoms. The standard InChI is InChI=1S/C30H28N2O5S/c1-36-27-12-7-13-28(32-27)38-19-18-37-23-16-14-21(15-17-23)20-26(30(34)35)31-25-11-6-5-10-24(25)29(33)22-8-3-2-4-9-22/h2-17,26,31H,18-20H2,1H3,(H,34,35)/t26-/m0/s1. The van der Waals surface area contributed by atoms with Crippen LogP contribution in [0.2, 0.25) is 0 Å². The Hall–Kier alpha value is -4.30. The van der Waals surface area contributed by atoms with E-state index in [1.807, 2.05) is 42.5 Å². The zero-order valence-electron chi connectivity index (χ0n) is 20.9. The molecule has 0 aliphatic heterocycles. The molecule has 1 aromatic heterocycles. The van der Waals surface area contributed by atoms with Crippen molar-refractivity contribution in [1.82, 2.24) is 4.98 Å². The molecule has 0 fully saturated rings. The number of carbonyl (C=O) groups excluding carboxylic acids is 1. The lowest BCUT2D eigenvalue weighted by Crippen LogP contribution is -2.32. The number of carboxylic acids is 1. The lowest BCUT2D eigenvalue weighted by Gasteiger charge is -2.18. The summed E-state index contributed by atoms with van der Waals surface area (Å²) in [6.45, 7) is 0.494. The summed E-state index contributed by atoms with van der Waals surface area (Å²) in [5, 5.41) is 13.8. The molecule has 1 atom stereocenters. The third-order valence-electron chi connectivity index (χ3n) is 5.71. The van der Waals surface area contributed by atoms with Crippen LogP contribution in [0.25, 0.3) is 0 Å². The van der Waals surface area contributed by atoms with Crippen molar-refractivity contribution >= 4 is 29.2 Å². The second kappa shape index (κ2) is 13.3. The fourth-order valence-corrected chi connectivity index (χ4v) is 4.50. The van der Waals surface area contributed by atoms with Crippen molar-refractivity contribution in [2.75, 3.05) is 24.8 Å². The molecular formula is C30H28N2O5S. The highest BCUT2D eigenvalue weighted by Gasteiger charge is 2.21. The number of methoxy groups -OCH3 is 1. The first kappa shape index (κ1) is 26.8. The average Bonchev–Trinajstić information content (AvgIpc) is 2.96. The van der Waals surface area contributed by atoms with Crippen LogP contribution < -0.4 is 14.8 Å². The van der Waals surface area contributed by atoms with E-state index in [1.165, 1.54) is 0 Å². The molecule has 1 heterocycles. The predicted octanol–water partition coefficient (Wildman–Crippen LogP) is 5.60. The van der Waals surface area contributed by atoms with E-state index in [0.29, 0.717) is 40.8 Å². The normalized spacial score (nSPS) is 11.4. The molecule has 0 aliphatic carbocycles. The molecule has 0 spiro atoms. The van der Waals surface area contributed by atoms with Crippen LogP contribution in [0.15, 0.2) is 102 Å². The van der Waals surface area contributed by atoms with Gasteiger partial charge in [0.15, 0.2) is 5.78 Å². The first-order valence-electron chi connectivity index (χ1n) is 12.1. The van der Waals surface area contributed by atoms with Crippen molar-refractivity contribution in [1.29, 1.82) is 0 Å². The van der Waals surface area contributed by atoms with E-state index in [2.05, 4.69) is 10.3 Å². The Balaban J connectivity index is 1.34. The number of ketones is 1. The van der Waals surface area contributed by atoms with Gasteiger partial charge in [0, 0.05) is 35.1 Å². The molecule has 0 bridgehead atoms. The number of thioether (sulfide) groups is 1. The van der Waals surface area contributed by atoms with Crippen LogP contribution in [-0.2, 0) is 11.2 Å². The van der Waals surface area contributed by atoms with Gasteiger partial charge in [0.05, 0.1) is 13.7 Å². The van der Waals surface area contributed by atoms with Crippen LogP contribution >= 0.6 is 11.8 Å². The quantitative estimate of drug-likeness (QED) is 0.131. The molecule has 0 amide bonds. The minimum atomic E-state index is -1.00. The maximum Gasteiger partial charge on any atom is 0.326 e. The van der Waals surface area contributed by atoms with Crippen LogP contribution in [0.1, 0.15) is 21.5 Å². The third kappa shape index (κ3) is 7.36. The van der Waals surface area contributed by atoms with Gasteiger partial charge >= 0.3 is 5.97 Å². The summed E-state index contributed by atoms with van der Waals surface area (Å²) in [6.07, 6.45) is 0.237. The number of carbonyl (C=O) groups is 2. The van der Waals surface area contributed by atoms with Crippen molar-refractivity contribution in [3.8, 4) is 11.6 Å². The highest BCUT2D eigenvalue weighted by molar-refractivity contribution is 7.99. The van der Waals surface area contributed by atoms with Gasteiger partial charge in [-0.05, 0) is 35.9 Å². The Morgan fingerprint density at radius 3 is 2.39 bits per heavy atom. The summed E-state index contributed by atoms with van der Waals surface area (Å²) in [6, 6.07) is 28.0. The Bertz CT molecular complexity index is 1360. The number of pyridine rings is 1. The van der Waals surface area contributed by atoms with Crippen molar-refractivity contribution in [2.24, 2.45) is 0 Å². The van der Waals surface area contributed by atoms with E-state index in [9.17, 15) is 14.7 Å². The number of hydrogen-bond donors (Lipinski definition) is 2. The smallest absolute Gasteiger partial charge is 0.326 e. The zero-order chi connectivity index (χ0) is 26.7. The molecule has 2 N–H and O–H groups in total. The second-order valence-electron chi connectivity index (χ2n) is 8.34. The van der Waals surface area contributed by atoms with Gasteiger partial charge in [-0.15, -0.1) is 11.8 Å². The highest BCUT2D eigenvalue weighted by atomic mass is 32.2. The van der Waals surface area contributed by atoms with Crippen LogP contribution in [0.5, 0.6) is 11.6 Å². The molecule has 8 heteroatoms. The molecule has 0 unspecified atom stereocenters. The number of para-hydroxylation sites is 1. The molecule has 3 aromatic carbocycles. The zero-order valence-corrected chi connectivity index (χ0v) is 21.7. The fraction of sp³-hybridized carbons (Fsp3) is 0.167. The van der Waals surface area contributed by atoms with Gasteiger partial charge in [0.1, 0.15) is 16.8 Å². The van der Waals surface area contributed by atoms with Crippen molar-refractivity contribution in [3.05, 3.63) is 114 Å². The van der Waals surface area contributed by atoms with Crippen LogP contribution in [0.3, 0.4) is 0 Å². The lowest BCUT2D eigenvalue weighted by atomic mass is 10.00. The SMILES string of the molecule is COc1cccc(SCCOc2ccc(C[C@H](Nc3ccccc3C(=O)c3ccccc3)C(=O)O)cc2)n1. The maximum absolute atomic E-state index is 13.0. The Morgan fingerprint density at radius 2 is 1.66 bits per heavy atom.